The van der Waals surface area contributed by atoms with Crippen molar-refractivity contribution < 1.29 is 14.6 Å². The van der Waals surface area contributed by atoms with Gasteiger partial charge >= 0.3 is 5.97 Å². The second-order valence-electron chi connectivity index (χ2n) is 4.89. The third kappa shape index (κ3) is 1.57. The summed E-state index contributed by atoms with van der Waals surface area (Å²) in [7, 11) is 0. The van der Waals surface area contributed by atoms with Crippen molar-refractivity contribution in [2.75, 3.05) is 6.61 Å². The number of carboxylic acids is 1. The van der Waals surface area contributed by atoms with E-state index in [0.29, 0.717) is 13.0 Å². The lowest BCUT2D eigenvalue weighted by Crippen LogP contribution is -2.47. The van der Waals surface area contributed by atoms with Crippen molar-refractivity contribution in [3.63, 3.8) is 0 Å². The summed E-state index contributed by atoms with van der Waals surface area (Å²) in [5.74, 6) is -1.11. The minimum Gasteiger partial charge on any atom is -0.481 e. The summed E-state index contributed by atoms with van der Waals surface area (Å²) in [6.07, 6.45) is 0.628. The molecule has 3 heteroatoms. The fraction of sp³-hybridized carbons (Fsp3) is 0.900. The van der Waals surface area contributed by atoms with E-state index in [9.17, 15) is 4.79 Å². The van der Waals surface area contributed by atoms with E-state index in [-0.39, 0.29) is 11.3 Å². The van der Waals surface area contributed by atoms with Gasteiger partial charge in [-0.1, -0.05) is 20.8 Å². The van der Waals surface area contributed by atoms with Crippen LogP contribution >= 0.6 is 0 Å². The molecule has 2 atom stereocenters. The molecule has 0 aromatic rings. The summed E-state index contributed by atoms with van der Waals surface area (Å²) < 4.78 is 5.60. The van der Waals surface area contributed by atoms with Crippen LogP contribution in [0.2, 0.25) is 0 Å². The first-order valence-corrected chi connectivity index (χ1v) is 4.66. The van der Waals surface area contributed by atoms with Crippen molar-refractivity contribution in [1.29, 1.82) is 0 Å². The molecule has 1 fully saturated rings. The molecular formula is C10H18O3. The summed E-state index contributed by atoms with van der Waals surface area (Å²) in [6.45, 7) is 8.53. The van der Waals surface area contributed by atoms with Gasteiger partial charge in [-0.25, -0.2) is 0 Å². The average molecular weight is 186 g/mol. The standard InChI is InChI=1S/C10H18O3/c1-9(2,3)10(4)7(8(11)12)5-6-13-10/h7H,5-6H2,1-4H3,(H,11,12). The van der Waals surface area contributed by atoms with Gasteiger partial charge in [0.25, 0.3) is 0 Å². The molecule has 0 amide bonds. The first kappa shape index (κ1) is 10.5. The highest BCUT2D eigenvalue weighted by Gasteiger charge is 2.51. The van der Waals surface area contributed by atoms with Crippen LogP contribution in [0.5, 0.6) is 0 Å². The molecule has 1 saturated heterocycles. The zero-order valence-electron chi connectivity index (χ0n) is 8.76. The molecule has 0 aromatic carbocycles. The molecule has 2 unspecified atom stereocenters. The first-order valence-electron chi connectivity index (χ1n) is 4.66. The molecule has 0 radical (unpaired) electrons. The van der Waals surface area contributed by atoms with Gasteiger partial charge in [-0.3, -0.25) is 4.79 Å². The Hall–Kier alpha value is -0.570. The Bertz CT molecular complexity index is 217. The molecule has 0 saturated carbocycles. The van der Waals surface area contributed by atoms with Crippen LogP contribution in [0.25, 0.3) is 0 Å². The van der Waals surface area contributed by atoms with E-state index in [0.717, 1.165) is 0 Å². The van der Waals surface area contributed by atoms with Crippen LogP contribution in [0.4, 0.5) is 0 Å². The number of hydrogen-bond donors (Lipinski definition) is 1. The molecule has 1 aliphatic rings. The zero-order valence-corrected chi connectivity index (χ0v) is 8.76. The predicted molar refractivity (Wildman–Crippen MR) is 49.6 cm³/mol. The Morgan fingerprint density at radius 2 is 2.08 bits per heavy atom. The molecule has 0 spiro atoms. The van der Waals surface area contributed by atoms with E-state index < -0.39 is 11.6 Å². The minimum absolute atomic E-state index is 0.132. The van der Waals surface area contributed by atoms with E-state index in [2.05, 4.69) is 0 Å². The third-order valence-electron chi connectivity index (χ3n) is 3.26. The van der Waals surface area contributed by atoms with Crippen molar-refractivity contribution in [1.82, 2.24) is 0 Å². The predicted octanol–water partition coefficient (Wildman–Crippen LogP) is 1.91. The van der Waals surface area contributed by atoms with Crippen molar-refractivity contribution >= 4 is 5.97 Å². The lowest BCUT2D eigenvalue weighted by atomic mass is 9.70. The summed E-state index contributed by atoms with van der Waals surface area (Å²) in [4.78, 5) is 11.0. The number of hydrogen-bond acceptors (Lipinski definition) is 2. The number of ether oxygens (including phenoxy) is 1. The molecule has 13 heavy (non-hydrogen) atoms. The van der Waals surface area contributed by atoms with Gasteiger partial charge in [-0.15, -0.1) is 0 Å². The normalized spacial score (nSPS) is 34.9. The Kier molecular flexibility index (Phi) is 2.41. The fourth-order valence-electron chi connectivity index (χ4n) is 1.86. The Morgan fingerprint density at radius 3 is 2.38 bits per heavy atom. The largest absolute Gasteiger partial charge is 0.481 e. The van der Waals surface area contributed by atoms with Crippen LogP contribution in [-0.2, 0) is 9.53 Å². The van der Waals surface area contributed by atoms with Gasteiger partial charge in [0.15, 0.2) is 0 Å². The molecule has 0 aliphatic carbocycles. The Morgan fingerprint density at radius 1 is 1.54 bits per heavy atom. The SMILES string of the molecule is CC(C)(C)C1(C)OCCC1C(=O)O. The molecule has 1 N–H and O–H groups in total. The second-order valence-corrected chi connectivity index (χ2v) is 4.89. The van der Waals surface area contributed by atoms with Crippen molar-refractivity contribution in [3.05, 3.63) is 0 Å². The maximum absolute atomic E-state index is 11.0. The fourth-order valence-corrected chi connectivity index (χ4v) is 1.86. The molecule has 1 aliphatic heterocycles. The summed E-state index contributed by atoms with van der Waals surface area (Å²) in [5, 5.41) is 9.03. The lowest BCUT2D eigenvalue weighted by molar-refractivity contribution is -0.155. The van der Waals surface area contributed by atoms with Crippen LogP contribution in [0, 0.1) is 11.3 Å². The average Bonchev–Trinajstić information content (AvgIpc) is 2.30. The molecule has 3 nitrogen and oxygen atoms in total. The van der Waals surface area contributed by atoms with Gasteiger partial charge in [-0.2, -0.15) is 0 Å². The Labute approximate surface area is 79.1 Å². The van der Waals surface area contributed by atoms with E-state index >= 15 is 0 Å². The van der Waals surface area contributed by atoms with Gasteiger partial charge in [0.05, 0.1) is 11.5 Å². The van der Waals surface area contributed by atoms with Gasteiger partial charge < -0.3 is 9.84 Å². The van der Waals surface area contributed by atoms with E-state index in [1.165, 1.54) is 0 Å². The molecular weight excluding hydrogens is 168 g/mol. The lowest BCUT2D eigenvalue weighted by Gasteiger charge is -2.40. The van der Waals surface area contributed by atoms with Crippen LogP contribution in [0.15, 0.2) is 0 Å². The maximum atomic E-state index is 11.0. The van der Waals surface area contributed by atoms with Crippen LogP contribution in [0.3, 0.4) is 0 Å². The van der Waals surface area contributed by atoms with Crippen LogP contribution in [-0.4, -0.2) is 23.3 Å². The molecule has 0 bridgehead atoms. The molecule has 1 heterocycles. The van der Waals surface area contributed by atoms with E-state index in [1.54, 1.807) is 0 Å². The summed E-state index contributed by atoms with van der Waals surface area (Å²) >= 11 is 0. The zero-order chi connectivity index (χ0) is 10.3. The topological polar surface area (TPSA) is 46.5 Å². The van der Waals surface area contributed by atoms with E-state index in [4.69, 9.17) is 9.84 Å². The number of carboxylic acid groups (broad SMARTS) is 1. The van der Waals surface area contributed by atoms with Crippen molar-refractivity contribution in [2.45, 2.75) is 39.7 Å². The monoisotopic (exact) mass is 186 g/mol. The smallest absolute Gasteiger partial charge is 0.309 e. The van der Waals surface area contributed by atoms with Crippen molar-refractivity contribution in [3.8, 4) is 0 Å². The van der Waals surface area contributed by atoms with Crippen molar-refractivity contribution in [2.24, 2.45) is 11.3 Å². The number of aliphatic carboxylic acids is 1. The number of rotatable bonds is 1. The summed E-state index contributed by atoms with van der Waals surface area (Å²) in [5.41, 5.74) is -0.661. The van der Waals surface area contributed by atoms with Crippen LogP contribution < -0.4 is 0 Å². The van der Waals surface area contributed by atoms with E-state index in [1.807, 2.05) is 27.7 Å². The van der Waals surface area contributed by atoms with Gasteiger partial charge in [0.1, 0.15) is 0 Å². The molecule has 1 rings (SSSR count). The van der Waals surface area contributed by atoms with Crippen LogP contribution in [0.1, 0.15) is 34.1 Å². The highest BCUT2D eigenvalue weighted by molar-refractivity contribution is 5.72. The van der Waals surface area contributed by atoms with Gasteiger partial charge in [-0.05, 0) is 18.8 Å². The quantitative estimate of drug-likeness (QED) is 0.680. The first-order chi connectivity index (χ1) is 5.79. The third-order valence-corrected chi connectivity index (χ3v) is 3.26. The summed E-state index contributed by atoms with van der Waals surface area (Å²) in [6, 6.07) is 0. The number of carbonyl (C=O) groups is 1. The second kappa shape index (κ2) is 2.98. The maximum Gasteiger partial charge on any atom is 0.309 e. The molecule has 76 valence electrons. The Balaban J connectivity index is 2.95. The van der Waals surface area contributed by atoms with Gasteiger partial charge in [0, 0.05) is 6.61 Å². The van der Waals surface area contributed by atoms with Gasteiger partial charge in [0.2, 0.25) is 0 Å². The highest BCUT2D eigenvalue weighted by atomic mass is 16.5. The highest BCUT2D eigenvalue weighted by Crippen LogP contribution is 2.45. The minimum atomic E-state index is -0.741. The molecule has 0 aromatic heterocycles.